The molecule has 4 heteroatoms. The minimum absolute atomic E-state index is 0.172. The fourth-order valence-corrected chi connectivity index (χ4v) is 1.94. The van der Waals surface area contributed by atoms with Crippen LogP contribution in [0, 0.1) is 0 Å². The lowest BCUT2D eigenvalue weighted by atomic mass is 10.0. The van der Waals surface area contributed by atoms with E-state index in [1.54, 1.807) is 0 Å². The average Bonchev–Trinajstić information content (AvgIpc) is 2.09. The summed E-state index contributed by atoms with van der Waals surface area (Å²) in [4.78, 5) is 1.85. The summed E-state index contributed by atoms with van der Waals surface area (Å²) in [7, 11) is 0. The second-order valence-electron chi connectivity index (χ2n) is 3.46. The number of alkyl halides is 2. The molecule has 0 unspecified atom stereocenters. The van der Waals surface area contributed by atoms with Gasteiger partial charge in [-0.1, -0.05) is 13.8 Å². The van der Waals surface area contributed by atoms with E-state index in [0.717, 1.165) is 0 Å². The van der Waals surface area contributed by atoms with Gasteiger partial charge in [0, 0.05) is 0 Å². The van der Waals surface area contributed by atoms with E-state index < -0.39 is 12.0 Å². The summed E-state index contributed by atoms with van der Waals surface area (Å²) in [6, 6.07) is -0.566. The Bertz CT molecular complexity index is 158. The van der Waals surface area contributed by atoms with Crippen molar-refractivity contribution in [3.63, 3.8) is 0 Å². The quantitative estimate of drug-likeness (QED) is 0.725. The molecule has 0 aromatic rings. The van der Waals surface area contributed by atoms with E-state index in [1.807, 2.05) is 18.7 Å². The van der Waals surface area contributed by atoms with Crippen LogP contribution in [0.3, 0.4) is 0 Å². The van der Waals surface area contributed by atoms with Gasteiger partial charge >= 0.3 is 0 Å². The third-order valence-corrected chi connectivity index (χ3v) is 2.70. The second-order valence-corrected chi connectivity index (χ2v) is 3.46. The van der Waals surface area contributed by atoms with Crippen molar-refractivity contribution in [1.29, 1.82) is 0 Å². The fourth-order valence-electron chi connectivity index (χ4n) is 1.94. The topological polar surface area (TPSA) is 15.3 Å². The van der Waals surface area contributed by atoms with Crippen LogP contribution >= 0.6 is 0 Å². The Morgan fingerprint density at radius 2 is 2.00 bits per heavy atom. The first-order valence-electron chi connectivity index (χ1n) is 4.94. The van der Waals surface area contributed by atoms with Gasteiger partial charge in [-0.3, -0.25) is 4.90 Å². The summed E-state index contributed by atoms with van der Waals surface area (Å²) in [5.74, 6) is -2.57. The molecule has 0 radical (unpaired) electrons. The van der Waals surface area contributed by atoms with Gasteiger partial charge in [-0.25, -0.2) is 8.78 Å². The molecule has 0 aromatic carbocycles. The monoisotopic (exact) mass is 192 g/mol. The van der Waals surface area contributed by atoms with Gasteiger partial charge in [0.25, 0.3) is 5.92 Å². The van der Waals surface area contributed by atoms with E-state index >= 15 is 0 Å². The molecule has 0 aliphatic carbocycles. The smallest absolute Gasteiger partial charge is 0.275 e. The van der Waals surface area contributed by atoms with Crippen molar-refractivity contribution in [3.8, 4) is 0 Å². The van der Waals surface area contributed by atoms with Crippen LogP contribution in [0.25, 0.3) is 0 Å². The Hall–Kier alpha value is -0.220. The average molecular weight is 192 g/mol. The second kappa shape index (κ2) is 4.33. The highest BCUT2D eigenvalue weighted by atomic mass is 19.3. The Labute approximate surface area is 78.3 Å². The lowest BCUT2D eigenvalue weighted by Crippen LogP contribution is -2.57. The Morgan fingerprint density at radius 3 is 2.46 bits per heavy atom. The summed E-state index contributed by atoms with van der Waals surface area (Å²) in [5, 5.41) is 2.73. The molecule has 1 heterocycles. The molecule has 78 valence electrons. The third-order valence-electron chi connectivity index (χ3n) is 2.70. The summed E-state index contributed by atoms with van der Waals surface area (Å²) >= 11 is 0. The standard InChI is InChI=1S/C9H18F2N2/c1-3-13(4-2)8-5-6-12-7-9(8,10)11/h8,12H,3-7H2,1-2H3/t8-/m1/s1. The first-order chi connectivity index (χ1) is 6.11. The van der Waals surface area contributed by atoms with Crippen LogP contribution in [0.2, 0.25) is 0 Å². The van der Waals surface area contributed by atoms with Crippen molar-refractivity contribution < 1.29 is 8.78 Å². The van der Waals surface area contributed by atoms with Crippen LogP contribution in [0.5, 0.6) is 0 Å². The summed E-state index contributed by atoms with van der Waals surface area (Å²) in [6.45, 7) is 5.81. The molecule has 1 atom stereocenters. The van der Waals surface area contributed by atoms with Crippen molar-refractivity contribution in [3.05, 3.63) is 0 Å². The van der Waals surface area contributed by atoms with Gasteiger partial charge < -0.3 is 5.32 Å². The molecule has 1 aliphatic rings. The molecule has 0 amide bonds. The van der Waals surface area contributed by atoms with Gasteiger partial charge in [0.1, 0.15) is 0 Å². The molecular weight excluding hydrogens is 174 g/mol. The number of hydrogen-bond acceptors (Lipinski definition) is 2. The Kier molecular flexibility index (Phi) is 3.62. The predicted molar refractivity (Wildman–Crippen MR) is 49.1 cm³/mol. The minimum atomic E-state index is -2.57. The van der Waals surface area contributed by atoms with E-state index in [-0.39, 0.29) is 6.54 Å². The van der Waals surface area contributed by atoms with Crippen LogP contribution in [0.1, 0.15) is 20.3 Å². The van der Waals surface area contributed by atoms with Crippen molar-refractivity contribution in [2.24, 2.45) is 0 Å². The van der Waals surface area contributed by atoms with Crippen LogP contribution in [-0.4, -0.2) is 43.0 Å². The molecule has 0 spiro atoms. The molecule has 1 fully saturated rings. The Balaban J connectivity index is 2.63. The zero-order chi connectivity index (χ0) is 9.90. The first-order valence-corrected chi connectivity index (χ1v) is 4.94. The van der Waals surface area contributed by atoms with E-state index in [1.165, 1.54) is 0 Å². The maximum atomic E-state index is 13.4. The molecule has 0 aromatic heterocycles. The molecule has 0 bridgehead atoms. The van der Waals surface area contributed by atoms with Crippen LogP contribution in [0.4, 0.5) is 8.78 Å². The molecule has 2 nitrogen and oxygen atoms in total. The SMILES string of the molecule is CCN(CC)[C@@H]1CCNCC1(F)F. The van der Waals surface area contributed by atoms with Gasteiger partial charge in [0.2, 0.25) is 0 Å². The molecule has 1 N–H and O–H groups in total. The van der Waals surface area contributed by atoms with E-state index in [9.17, 15) is 8.78 Å². The molecule has 1 rings (SSSR count). The number of nitrogens with zero attached hydrogens (tertiary/aromatic N) is 1. The van der Waals surface area contributed by atoms with Crippen molar-refractivity contribution >= 4 is 0 Å². The lowest BCUT2D eigenvalue weighted by Gasteiger charge is -2.38. The van der Waals surface area contributed by atoms with Crippen molar-refractivity contribution in [2.45, 2.75) is 32.2 Å². The molecular formula is C9H18F2N2. The molecule has 13 heavy (non-hydrogen) atoms. The van der Waals surface area contributed by atoms with Gasteiger partial charge in [-0.2, -0.15) is 0 Å². The van der Waals surface area contributed by atoms with E-state index in [0.29, 0.717) is 26.1 Å². The normalized spacial score (nSPS) is 27.9. The number of nitrogens with one attached hydrogen (secondary N) is 1. The zero-order valence-corrected chi connectivity index (χ0v) is 8.32. The fraction of sp³-hybridized carbons (Fsp3) is 1.00. The molecule has 1 saturated heterocycles. The number of piperidine rings is 1. The largest absolute Gasteiger partial charge is 0.311 e. The van der Waals surface area contributed by atoms with Crippen LogP contribution < -0.4 is 5.32 Å². The lowest BCUT2D eigenvalue weighted by molar-refractivity contribution is -0.0931. The summed E-state index contributed by atoms with van der Waals surface area (Å²) < 4.78 is 26.8. The minimum Gasteiger partial charge on any atom is -0.311 e. The van der Waals surface area contributed by atoms with Gasteiger partial charge in [-0.05, 0) is 26.1 Å². The van der Waals surface area contributed by atoms with Crippen LogP contribution in [0.15, 0.2) is 0 Å². The van der Waals surface area contributed by atoms with Crippen molar-refractivity contribution in [1.82, 2.24) is 10.2 Å². The Morgan fingerprint density at radius 1 is 1.38 bits per heavy atom. The summed E-state index contributed by atoms with van der Waals surface area (Å²) in [5.41, 5.74) is 0. The molecule has 0 saturated carbocycles. The number of halogens is 2. The van der Waals surface area contributed by atoms with Gasteiger partial charge in [-0.15, -0.1) is 0 Å². The zero-order valence-electron chi connectivity index (χ0n) is 8.32. The highest BCUT2D eigenvalue weighted by Crippen LogP contribution is 2.27. The number of hydrogen-bond donors (Lipinski definition) is 1. The van der Waals surface area contributed by atoms with Crippen molar-refractivity contribution in [2.75, 3.05) is 26.2 Å². The van der Waals surface area contributed by atoms with E-state index in [2.05, 4.69) is 5.32 Å². The maximum Gasteiger partial charge on any atom is 0.275 e. The molecule has 1 aliphatic heterocycles. The third kappa shape index (κ3) is 2.38. The van der Waals surface area contributed by atoms with E-state index in [4.69, 9.17) is 0 Å². The highest BCUT2D eigenvalue weighted by molar-refractivity contribution is 4.91. The maximum absolute atomic E-state index is 13.4. The number of rotatable bonds is 3. The van der Waals surface area contributed by atoms with Gasteiger partial charge in [0.05, 0.1) is 12.6 Å². The summed E-state index contributed by atoms with van der Waals surface area (Å²) in [6.07, 6.45) is 0.550. The predicted octanol–water partition coefficient (Wildman–Crippen LogP) is 1.33. The van der Waals surface area contributed by atoms with Gasteiger partial charge in [0.15, 0.2) is 0 Å². The first kappa shape index (κ1) is 10.9. The van der Waals surface area contributed by atoms with Crippen LogP contribution in [-0.2, 0) is 0 Å². The highest BCUT2D eigenvalue weighted by Gasteiger charge is 2.43.